The van der Waals surface area contributed by atoms with Gasteiger partial charge in [-0.2, -0.15) is 0 Å². The standard InChI is InChI=1S/C14H20N2OS2/c1-19-12-4-2-3-11(13(12)14(15)18)16-7-5-10(9-17)6-8-16/h2-4,10,17H,5-9H2,1H3,(H2,15,18). The molecular formula is C14H20N2OS2. The molecule has 0 unspecified atom stereocenters. The van der Waals surface area contributed by atoms with Crippen molar-refractivity contribution in [2.75, 3.05) is 30.9 Å². The summed E-state index contributed by atoms with van der Waals surface area (Å²) < 4.78 is 0. The van der Waals surface area contributed by atoms with E-state index in [2.05, 4.69) is 23.1 Å². The first-order valence-electron chi connectivity index (χ1n) is 6.50. The molecular weight excluding hydrogens is 276 g/mol. The first-order chi connectivity index (χ1) is 9.17. The van der Waals surface area contributed by atoms with Crippen molar-refractivity contribution >= 4 is 34.7 Å². The van der Waals surface area contributed by atoms with Crippen LogP contribution in [0.5, 0.6) is 0 Å². The number of thioether (sulfide) groups is 1. The van der Waals surface area contributed by atoms with E-state index in [-0.39, 0.29) is 0 Å². The largest absolute Gasteiger partial charge is 0.396 e. The lowest BCUT2D eigenvalue weighted by Crippen LogP contribution is -2.36. The Labute approximate surface area is 124 Å². The van der Waals surface area contributed by atoms with Crippen molar-refractivity contribution in [3.63, 3.8) is 0 Å². The molecule has 0 spiro atoms. The Hall–Kier alpha value is -0.780. The molecule has 104 valence electrons. The summed E-state index contributed by atoms with van der Waals surface area (Å²) in [5.41, 5.74) is 8.03. The zero-order chi connectivity index (χ0) is 13.8. The van der Waals surface area contributed by atoms with Crippen molar-refractivity contribution in [3.8, 4) is 0 Å². The van der Waals surface area contributed by atoms with E-state index in [1.165, 1.54) is 0 Å². The lowest BCUT2D eigenvalue weighted by molar-refractivity contribution is 0.203. The molecule has 0 atom stereocenters. The summed E-state index contributed by atoms with van der Waals surface area (Å²) in [5.74, 6) is 0.438. The zero-order valence-corrected chi connectivity index (χ0v) is 12.8. The van der Waals surface area contributed by atoms with E-state index in [0.29, 0.717) is 17.5 Å². The average Bonchev–Trinajstić information content (AvgIpc) is 2.46. The Bertz CT molecular complexity index is 457. The van der Waals surface area contributed by atoms with E-state index in [0.717, 1.165) is 42.1 Å². The van der Waals surface area contributed by atoms with Gasteiger partial charge in [0.1, 0.15) is 4.99 Å². The Morgan fingerprint density at radius 2 is 2.16 bits per heavy atom. The molecule has 1 aliphatic rings. The monoisotopic (exact) mass is 296 g/mol. The molecule has 1 saturated heterocycles. The molecule has 3 nitrogen and oxygen atoms in total. The van der Waals surface area contributed by atoms with Crippen LogP contribution >= 0.6 is 24.0 Å². The molecule has 1 heterocycles. The first-order valence-corrected chi connectivity index (χ1v) is 8.13. The van der Waals surface area contributed by atoms with Gasteiger partial charge in [0, 0.05) is 35.8 Å². The minimum atomic E-state index is 0.293. The molecule has 0 bridgehead atoms. The van der Waals surface area contributed by atoms with Gasteiger partial charge in [0.2, 0.25) is 0 Å². The summed E-state index contributed by atoms with van der Waals surface area (Å²) in [7, 11) is 0. The number of hydrogen-bond donors (Lipinski definition) is 2. The summed E-state index contributed by atoms with van der Waals surface area (Å²) in [6, 6.07) is 6.21. The van der Waals surface area contributed by atoms with Crippen molar-refractivity contribution in [1.29, 1.82) is 0 Å². The fraction of sp³-hybridized carbons (Fsp3) is 0.500. The molecule has 0 amide bonds. The molecule has 1 aromatic carbocycles. The quantitative estimate of drug-likeness (QED) is 0.659. The van der Waals surface area contributed by atoms with E-state index < -0.39 is 0 Å². The fourth-order valence-electron chi connectivity index (χ4n) is 2.56. The number of anilines is 1. The number of rotatable bonds is 4. The molecule has 2 rings (SSSR count). The number of hydrogen-bond acceptors (Lipinski definition) is 4. The number of benzene rings is 1. The Balaban J connectivity index is 2.27. The lowest BCUT2D eigenvalue weighted by atomic mass is 9.97. The van der Waals surface area contributed by atoms with Crippen LogP contribution in [0.1, 0.15) is 18.4 Å². The van der Waals surface area contributed by atoms with Gasteiger partial charge in [-0.15, -0.1) is 11.8 Å². The summed E-state index contributed by atoms with van der Waals surface area (Å²) in [6.45, 7) is 2.21. The van der Waals surface area contributed by atoms with Gasteiger partial charge >= 0.3 is 0 Å². The molecule has 0 aliphatic carbocycles. The Kier molecular flexibility index (Phi) is 5.07. The third-order valence-corrected chi connectivity index (χ3v) is 4.67. The lowest BCUT2D eigenvalue weighted by Gasteiger charge is -2.34. The molecule has 1 aromatic rings. The van der Waals surface area contributed by atoms with Gasteiger partial charge in [-0.25, -0.2) is 0 Å². The van der Waals surface area contributed by atoms with E-state index in [1.54, 1.807) is 11.8 Å². The fourth-order valence-corrected chi connectivity index (χ4v) is 3.47. The van der Waals surface area contributed by atoms with Gasteiger partial charge in [0.05, 0.1) is 0 Å². The first kappa shape index (κ1) is 14.6. The van der Waals surface area contributed by atoms with E-state index >= 15 is 0 Å². The van der Waals surface area contributed by atoms with Gasteiger partial charge in [-0.1, -0.05) is 18.3 Å². The topological polar surface area (TPSA) is 49.5 Å². The molecule has 19 heavy (non-hydrogen) atoms. The highest BCUT2D eigenvalue weighted by atomic mass is 32.2. The maximum Gasteiger partial charge on any atom is 0.107 e. The minimum Gasteiger partial charge on any atom is -0.396 e. The maximum atomic E-state index is 9.21. The maximum absolute atomic E-state index is 9.21. The predicted molar refractivity (Wildman–Crippen MR) is 86.1 cm³/mol. The van der Waals surface area contributed by atoms with Crippen molar-refractivity contribution in [2.45, 2.75) is 17.7 Å². The van der Waals surface area contributed by atoms with Gasteiger partial charge < -0.3 is 15.7 Å². The number of piperidine rings is 1. The van der Waals surface area contributed by atoms with Crippen LogP contribution in [0.3, 0.4) is 0 Å². The number of aliphatic hydroxyl groups excluding tert-OH is 1. The predicted octanol–water partition coefficient (Wildman–Crippen LogP) is 2.25. The smallest absolute Gasteiger partial charge is 0.107 e. The van der Waals surface area contributed by atoms with E-state index in [1.807, 2.05) is 6.26 Å². The van der Waals surface area contributed by atoms with Crippen LogP contribution in [-0.4, -0.2) is 36.0 Å². The number of aliphatic hydroxyl groups is 1. The summed E-state index contributed by atoms with van der Waals surface area (Å²) in [6.07, 6.45) is 4.09. The highest BCUT2D eigenvalue weighted by Gasteiger charge is 2.22. The van der Waals surface area contributed by atoms with Crippen LogP contribution in [0.2, 0.25) is 0 Å². The van der Waals surface area contributed by atoms with Crippen LogP contribution in [0, 0.1) is 5.92 Å². The number of nitrogens with zero attached hydrogens (tertiary/aromatic N) is 1. The van der Waals surface area contributed by atoms with E-state index in [9.17, 15) is 5.11 Å². The second kappa shape index (κ2) is 6.59. The molecule has 1 fully saturated rings. The SMILES string of the molecule is CSc1cccc(N2CCC(CO)CC2)c1C(N)=S. The van der Waals surface area contributed by atoms with Crippen LogP contribution in [0.25, 0.3) is 0 Å². The molecule has 3 N–H and O–H groups in total. The van der Waals surface area contributed by atoms with Crippen molar-refractivity contribution < 1.29 is 5.11 Å². The second-order valence-electron chi connectivity index (χ2n) is 4.83. The number of nitrogens with two attached hydrogens (primary N) is 1. The summed E-state index contributed by atoms with van der Waals surface area (Å²) >= 11 is 6.89. The van der Waals surface area contributed by atoms with Crippen LogP contribution < -0.4 is 10.6 Å². The Morgan fingerprint density at radius 3 is 2.68 bits per heavy atom. The van der Waals surface area contributed by atoms with Crippen molar-refractivity contribution in [2.24, 2.45) is 11.7 Å². The van der Waals surface area contributed by atoms with Gasteiger partial charge in [-0.05, 0) is 37.1 Å². The average molecular weight is 296 g/mol. The minimum absolute atomic E-state index is 0.293. The van der Waals surface area contributed by atoms with Gasteiger partial charge in [0.25, 0.3) is 0 Å². The molecule has 0 aromatic heterocycles. The van der Waals surface area contributed by atoms with Crippen LogP contribution in [0.4, 0.5) is 5.69 Å². The number of thiocarbonyl (C=S) groups is 1. The van der Waals surface area contributed by atoms with Crippen molar-refractivity contribution in [1.82, 2.24) is 0 Å². The third-order valence-electron chi connectivity index (χ3n) is 3.68. The highest BCUT2D eigenvalue weighted by Crippen LogP contribution is 2.32. The Morgan fingerprint density at radius 1 is 1.47 bits per heavy atom. The molecule has 5 heteroatoms. The summed E-state index contributed by atoms with van der Waals surface area (Å²) in [4.78, 5) is 3.93. The highest BCUT2D eigenvalue weighted by molar-refractivity contribution is 7.98. The molecule has 0 saturated carbocycles. The van der Waals surface area contributed by atoms with E-state index in [4.69, 9.17) is 18.0 Å². The van der Waals surface area contributed by atoms with Crippen LogP contribution in [-0.2, 0) is 0 Å². The molecule has 1 aliphatic heterocycles. The van der Waals surface area contributed by atoms with Gasteiger partial charge in [-0.3, -0.25) is 0 Å². The third kappa shape index (κ3) is 3.22. The summed E-state index contributed by atoms with van der Waals surface area (Å²) in [5, 5.41) is 9.21. The zero-order valence-electron chi connectivity index (χ0n) is 11.1. The molecule has 0 radical (unpaired) electrons. The van der Waals surface area contributed by atoms with Crippen molar-refractivity contribution in [3.05, 3.63) is 23.8 Å². The second-order valence-corrected chi connectivity index (χ2v) is 6.12. The van der Waals surface area contributed by atoms with Crippen LogP contribution in [0.15, 0.2) is 23.1 Å². The van der Waals surface area contributed by atoms with Gasteiger partial charge in [0.15, 0.2) is 0 Å². The normalized spacial score (nSPS) is 16.6.